The van der Waals surface area contributed by atoms with E-state index >= 15 is 0 Å². The molecule has 1 amide bonds. The van der Waals surface area contributed by atoms with E-state index in [2.05, 4.69) is 26.0 Å². The Morgan fingerprint density at radius 2 is 1.74 bits per heavy atom. The molecule has 1 rings (SSSR count). The number of carbonyl (C=O) groups is 1. The Bertz CT molecular complexity index is 417. The Labute approximate surface area is 116 Å². The Kier molecular flexibility index (Phi) is 6.03. The monoisotopic (exact) mass is 262 g/mol. The Hall–Kier alpha value is -1.35. The highest BCUT2D eigenvalue weighted by Crippen LogP contribution is 2.18. The van der Waals surface area contributed by atoms with Crippen molar-refractivity contribution in [1.29, 1.82) is 0 Å². The second-order valence-corrected chi connectivity index (χ2v) is 5.21. The molecule has 0 saturated carbocycles. The zero-order valence-electron chi connectivity index (χ0n) is 12.6. The first kappa shape index (κ1) is 15.7. The molecule has 0 heterocycles. The van der Waals surface area contributed by atoms with Gasteiger partial charge < -0.3 is 10.6 Å². The number of aryl methyl sites for hydroxylation is 3. The molecule has 0 radical (unpaired) electrons. The summed E-state index contributed by atoms with van der Waals surface area (Å²) < 4.78 is 0. The number of rotatable bonds is 6. The van der Waals surface area contributed by atoms with Crippen molar-refractivity contribution in [3.05, 3.63) is 34.4 Å². The van der Waals surface area contributed by atoms with Crippen LogP contribution in [0.1, 0.15) is 46.8 Å². The second kappa shape index (κ2) is 7.29. The lowest BCUT2D eigenvalue weighted by Crippen LogP contribution is -2.36. The van der Waals surface area contributed by atoms with Gasteiger partial charge in [-0.05, 0) is 38.3 Å². The van der Waals surface area contributed by atoms with Gasteiger partial charge in [-0.15, -0.1) is 0 Å². The number of hydrogen-bond acceptors (Lipinski definition) is 2. The van der Waals surface area contributed by atoms with E-state index < -0.39 is 0 Å². The molecular formula is C16H26N2O. The van der Waals surface area contributed by atoms with Crippen molar-refractivity contribution in [2.45, 2.75) is 40.5 Å². The average molecular weight is 262 g/mol. The number of unbranched alkanes of at least 4 members (excludes halogenated alkanes) is 1. The van der Waals surface area contributed by atoms with Gasteiger partial charge in [0.25, 0.3) is 5.91 Å². The molecule has 3 nitrogen and oxygen atoms in total. The molecule has 0 fully saturated rings. The third-order valence-electron chi connectivity index (χ3n) is 3.36. The minimum atomic E-state index is 0.119. The first-order valence-corrected chi connectivity index (χ1v) is 7.08. The van der Waals surface area contributed by atoms with Gasteiger partial charge in [0.15, 0.2) is 0 Å². The quantitative estimate of drug-likeness (QED) is 0.857. The van der Waals surface area contributed by atoms with Gasteiger partial charge in [0.05, 0.1) is 0 Å². The minimum absolute atomic E-state index is 0.119. The van der Waals surface area contributed by atoms with Crippen molar-refractivity contribution < 1.29 is 4.79 Å². The van der Waals surface area contributed by atoms with Crippen LogP contribution in [0.4, 0.5) is 0 Å². The Morgan fingerprint density at radius 1 is 1.16 bits per heavy atom. The van der Waals surface area contributed by atoms with E-state index in [1.807, 2.05) is 18.7 Å². The van der Waals surface area contributed by atoms with Gasteiger partial charge in [-0.3, -0.25) is 4.79 Å². The predicted molar refractivity (Wildman–Crippen MR) is 80.5 cm³/mol. The number of benzene rings is 1. The van der Waals surface area contributed by atoms with Crippen LogP contribution in [0.5, 0.6) is 0 Å². The fourth-order valence-corrected chi connectivity index (χ4v) is 2.50. The second-order valence-electron chi connectivity index (χ2n) is 5.21. The van der Waals surface area contributed by atoms with Crippen LogP contribution in [0.2, 0.25) is 0 Å². The van der Waals surface area contributed by atoms with Crippen molar-refractivity contribution in [3.63, 3.8) is 0 Å². The summed E-state index contributed by atoms with van der Waals surface area (Å²) in [5.74, 6) is 0.119. The maximum atomic E-state index is 12.7. The molecule has 0 bridgehead atoms. The topological polar surface area (TPSA) is 46.3 Å². The predicted octanol–water partition coefficient (Wildman–Crippen LogP) is 2.81. The molecule has 0 saturated heterocycles. The van der Waals surface area contributed by atoms with Crippen LogP contribution in [-0.2, 0) is 0 Å². The smallest absolute Gasteiger partial charge is 0.254 e. The molecule has 0 aliphatic carbocycles. The molecule has 19 heavy (non-hydrogen) atoms. The molecule has 1 aromatic rings. The van der Waals surface area contributed by atoms with Crippen LogP contribution in [0.3, 0.4) is 0 Å². The fourth-order valence-electron chi connectivity index (χ4n) is 2.50. The van der Waals surface area contributed by atoms with E-state index in [1.54, 1.807) is 0 Å². The number of hydrogen-bond donors (Lipinski definition) is 1. The van der Waals surface area contributed by atoms with Gasteiger partial charge in [-0.2, -0.15) is 0 Å². The van der Waals surface area contributed by atoms with Gasteiger partial charge in [0.1, 0.15) is 0 Å². The third kappa shape index (κ3) is 4.06. The van der Waals surface area contributed by atoms with Gasteiger partial charge >= 0.3 is 0 Å². The fraction of sp³-hybridized carbons (Fsp3) is 0.562. The summed E-state index contributed by atoms with van der Waals surface area (Å²) in [6.07, 6.45) is 2.11. The summed E-state index contributed by atoms with van der Waals surface area (Å²) >= 11 is 0. The minimum Gasteiger partial charge on any atom is -0.337 e. The zero-order chi connectivity index (χ0) is 14.4. The standard InChI is InChI=1S/C16H26N2O/c1-5-6-8-18(9-7-17)16(19)15-13(3)10-12(2)11-14(15)4/h10-11H,5-9,17H2,1-4H3. The number of nitrogens with zero attached hydrogens (tertiary/aromatic N) is 1. The molecule has 0 aromatic heterocycles. The molecule has 0 unspecified atom stereocenters. The molecule has 0 spiro atoms. The van der Waals surface area contributed by atoms with E-state index in [9.17, 15) is 4.79 Å². The van der Waals surface area contributed by atoms with Crippen LogP contribution in [-0.4, -0.2) is 30.4 Å². The van der Waals surface area contributed by atoms with Gasteiger partial charge in [-0.1, -0.05) is 31.0 Å². The van der Waals surface area contributed by atoms with Crippen LogP contribution < -0.4 is 5.73 Å². The lowest BCUT2D eigenvalue weighted by Gasteiger charge is -2.24. The van der Waals surface area contributed by atoms with Crippen molar-refractivity contribution >= 4 is 5.91 Å². The summed E-state index contributed by atoms with van der Waals surface area (Å²) in [6.45, 7) is 10.1. The normalized spacial score (nSPS) is 10.6. The van der Waals surface area contributed by atoms with Gasteiger partial charge in [-0.25, -0.2) is 0 Å². The third-order valence-corrected chi connectivity index (χ3v) is 3.36. The van der Waals surface area contributed by atoms with Crippen LogP contribution >= 0.6 is 0 Å². The number of carbonyl (C=O) groups excluding carboxylic acids is 1. The van der Waals surface area contributed by atoms with Crippen molar-refractivity contribution in [2.24, 2.45) is 5.73 Å². The van der Waals surface area contributed by atoms with Crippen LogP contribution in [0, 0.1) is 20.8 Å². The maximum Gasteiger partial charge on any atom is 0.254 e. The van der Waals surface area contributed by atoms with Gasteiger partial charge in [0.2, 0.25) is 0 Å². The summed E-state index contributed by atoms with van der Waals surface area (Å²) in [4.78, 5) is 14.5. The zero-order valence-corrected chi connectivity index (χ0v) is 12.6. The van der Waals surface area contributed by atoms with Crippen molar-refractivity contribution in [1.82, 2.24) is 4.90 Å². The first-order chi connectivity index (χ1) is 9.01. The number of amides is 1. The molecule has 0 atom stereocenters. The molecule has 106 valence electrons. The van der Waals surface area contributed by atoms with Crippen LogP contribution in [0.15, 0.2) is 12.1 Å². The van der Waals surface area contributed by atoms with Crippen LogP contribution in [0.25, 0.3) is 0 Å². The maximum absolute atomic E-state index is 12.7. The lowest BCUT2D eigenvalue weighted by atomic mass is 9.98. The summed E-state index contributed by atoms with van der Waals surface area (Å²) in [5.41, 5.74) is 9.78. The van der Waals surface area contributed by atoms with E-state index in [4.69, 9.17) is 5.73 Å². The summed E-state index contributed by atoms with van der Waals surface area (Å²) in [6, 6.07) is 4.14. The molecule has 0 aliphatic heterocycles. The van der Waals surface area contributed by atoms with Crippen molar-refractivity contribution in [3.8, 4) is 0 Å². The van der Waals surface area contributed by atoms with Crippen molar-refractivity contribution in [2.75, 3.05) is 19.6 Å². The van der Waals surface area contributed by atoms with E-state index in [-0.39, 0.29) is 5.91 Å². The van der Waals surface area contributed by atoms with E-state index in [1.165, 1.54) is 5.56 Å². The highest BCUT2D eigenvalue weighted by Gasteiger charge is 2.18. The van der Waals surface area contributed by atoms with E-state index in [0.717, 1.165) is 36.1 Å². The lowest BCUT2D eigenvalue weighted by molar-refractivity contribution is 0.0756. The number of nitrogens with two attached hydrogens (primary N) is 1. The molecule has 2 N–H and O–H groups in total. The molecular weight excluding hydrogens is 236 g/mol. The average Bonchev–Trinajstić information content (AvgIpc) is 2.33. The first-order valence-electron chi connectivity index (χ1n) is 7.08. The highest BCUT2D eigenvalue weighted by molar-refractivity contribution is 5.97. The summed E-state index contributed by atoms with van der Waals surface area (Å²) in [5, 5.41) is 0. The molecule has 0 aliphatic rings. The Morgan fingerprint density at radius 3 is 2.21 bits per heavy atom. The van der Waals surface area contributed by atoms with Gasteiger partial charge in [0, 0.05) is 25.2 Å². The molecule has 1 aromatic carbocycles. The Balaban J connectivity index is 3.02. The SMILES string of the molecule is CCCCN(CCN)C(=O)c1c(C)cc(C)cc1C. The molecule has 3 heteroatoms. The largest absolute Gasteiger partial charge is 0.337 e. The highest BCUT2D eigenvalue weighted by atomic mass is 16.2. The summed E-state index contributed by atoms with van der Waals surface area (Å²) in [7, 11) is 0. The van der Waals surface area contributed by atoms with E-state index in [0.29, 0.717) is 13.1 Å².